The van der Waals surface area contributed by atoms with E-state index >= 15 is 0 Å². The van der Waals surface area contributed by atoms with Crippen LogP contribution in [0.1, 0.15) is 0 Å². The Kier molecular flexibility index (Phi) is 1.73. The Labute approximate surface area is 75.7 Å². The van der Waals surface area contributed by atoms with Gasteiger partial charge in [-0.05, 0) is 12.2 Å². The highest BCUT2D eigenvalue weighted by Crippen LogP contribution is 2.20. The number of primary amides is 1. The second kappa shape index (κ2) is 2.90. The highest BCUT2D eigenvalue weighted by atomic mass is 16.1. The molecule has 4 heteroatoms. The second-order valence-corrected chi connectivity index (χ2v) is 2.86. The molecule has 0 aromatic carbocycles. The van der Waals surface area contributed by atoms with E-state index in [4.69, 9.17) is 5.73 Å². The van der Waals surface area contributed by atoms with Crippen LogP contribution < -0.4 is 5.73 Å². The number of carbonyl (C=O) groups excluding carboxylic acids is 1. The Morgan fingerprint density at radius 2 is 2.46 bits per heavy atom. The van der Waals surface area contributed by atoms with Crippen LogP contribution >= 0.6 is 0 Å². The van der Waals surface area contributed by atoms with Gasteiger partial charge in [0.15, 0.2) is 0 Å². The van der Waals surface area contributed by atoms with E-state index < -0.39 is 0 Å². The summed E-state index contributed by atoms with van der Waals surface area (Å²) in [7, 11) is 0. The van der Waals surface area contributed by atoms with Crippen LogP contribution in [0, 0.1) is 0 Å². The van der Waals surface area contributed by atoms with Gasteiger partial charge in [0.2, 0.25) is 5.91 Å². The molecular weight excluding hydrogens is 166 g/mol. The minimum absolute atomic E-state index is 0.369. The van der Waals surface area contributed by atoms with Crippen LogP contribution in [0.5, 0.6) is 0 Å². The molecule has 2 rings (SSSR count). The highest BCUT2D eigenvalue weighted by Gasteiger charge is 2.19. The maximum absolute atomic E-state index is 10.9. The van der Waals surface area contributed by atoms with Gasteiger partial charge in [-0.25, -0.2) is 0 Å². The fourth-order valence-electron chi connectivity index (χ4n) is 1.29. The molecule has 0 aromatic heterocycles. The van der Waals surface area contributed by atoms with Gasteiger partial charge in [0.05, 0.1) is 18.4 Å². The van der Waals surface area contributed by atoms with Crippen LogP contribution in [0.25, 0.3) is 0 Å². The normalized spacial score (nSPS) is 19.2. The fourth-order valence-corrected chi connectivity index (χ4v) is 1.29. The number of allylic oxidation sites excluding steroid dienone is 2. The first kappa shape index (κ1) is 7.79. The number of amides is 1. The Bertz CT molecular complexity index is 363. The van der Waals surface area contributed by atoms with E-state index in [1.54, 1.807) is 18.5 Å². The van der Waals surface area contributed by atoms with Gasteiger partial charge in [0, 0.05) is 18.0 Å². The minimum atomic E-state index is -0.369. The van der Waals surface area contributed by atoms with Crippen molar-refractivity contribution < 1.29 is 4.79 Å². The summed E-state index contributed by atoms with van der Waals surface area (Å²) >= 11 is 0. The molecule has 0 aliphatic carbocycles. The number of aliphatic imine (C=N–C) groups is 1. The van der Waals surface area contributed by atoms with Gasteiger partial charge < -0.3 is 10.6 Å². The average Bonchev–Trinajstić information content (AvgIpc) is 2.38. The maximum Gasteiger partial charge on any atom is 0.246 e. The summed E-state index contributed by atoms with van der Waals surface area (Å²) in [6, 6.07) is 0. The third-order valence-corrected chi connectivity index (χ3v) is 1.96. The summed E-state index contributed by atoms with van der Waals surface area (Å²) in [6.45, 7) is 0.543. The van der Waals surface area contributed by atoms with Gasteiger partial charge in [-0.3, -0.25) is 9.79 Å². The molecule has 66 valence electrons. The third-order valence-electron chi connectivity index (χ3n) is 1.96. The zero-order valence-electron chi connectivity index (χ0n) is 6.97. The summed E-state index contributed by atoms with van der Waals surface area (Å²) in [5, 5.41) is 0. The first-order valence-corrected chi connectivity index (χ1v) is 3.94. The van der Waals surface area contributed by atoms with Gasteiger partial charge in [0.25, 0.3) is 0 Å². The molecule has 0 radical (unpaired) electrons. The van der Waals surface area contributed by atoms with Crippen molar-refractivity contribution >= 4 is 12.1 Å². The number of rotatable bonds is 1. The van der Waals surface area contributed by atoms with Crippen molar-refractivity contribution in [3.8, 4) is 0 Å². The number of nitrogens with zero attached hydrogens (tertiary/aromatic N) is 2. The van der Waals surface area contributed by atoms with Crippen molar-refractivity contribution in [2.45, 2.75) is 0 Å². The lowest BCUT2D eigenvalue weighted by Gasteiger charge is -2.12. The molecule has 2 N–H and O–H groups in total. The van der Waals surface area contributed by atoms with Gasteiger partial charge in [-0.15, -0.1) is 0 Å². The Morgan fingerprint density at radius 3 is 3.23 bits per heavy atom. The molecule has 0 atom stereocenters. The van der Waals surface area contributed by atoms with E-state index in [9.17, 15) is 4.79 Å². The van der Waals surface area contributed by atoms with E-state index in [0.29, 0.717) is 12.1 Å². The first-order valence-electron chi connectivity index (χ1n) is 3.94. The summed E-state index contributed by atoms with van der Waals surface area (Å²) in [5.74, 6) is -0.369. The maximum atomic E-state index is 10.9. The molecule has 4 nitrogen and oxygen atoms in total. The second-order valence-electron chi connectivity index (χ2n) is 2.86. The molecule has 2 heterocycles. The van der Waals surface area contributed by atoms with E-state index in [1.165, 1.54) is 0 Å². The summed E-state index contributed by atoms with van der Waals surface area (Å²) in [6.07, 6.45) is 8.85. The molecule has 2 aliphatic heterocycles. The smallest absolute Gasteiger partial charge is 0.246 e. The van der Waals surface area contributed by atoms with Gasteiger partial charge >= 0.3 is 0 Å². The first-order chi connectivity index (χ1) is 6.27. The highest BCUT2D eigenvalue weighted by molar-refractivity contribution is 5.93. The summed E-state index contributed by atoms with van der Waals surface area (Å²) in [4.78, 5) is 16.8. The van der Waals surface area contributed by atoms with Crippen molar-refractivity contribution in [2.75, 3.05) is 6.54 Å². The fraction of sp³-hybridized carbons (Fsp3) is 0.111. The lowest BCUT2D eigenvalue weighted by molar-refractivity contribution is -0.114. The molecule has 1 amide bonds. The van der Waals surface area contributed by atoms with Crippen LogP contribution in [0.3, 0.4) is 0 Å². The van der Waals surface area contributed by atoms with Crippen molar-refractivity contribution in [3.05, 3.63) is 35.8 Å². The molecule has 0 aromatic rings. The number of fused-ring (bicyclic) bond motifs is 1. The van der Waals surface area contributed by atoms with Crippen LogP contribution in [0.2, 0.25) is 0 Å². The Balaban J connectivity index is 2.31. The molecule has 0 spiro atoms. The largest absolute Gasteiger partial charge is 0.366 e. The van der Waals surface area contributed by atoms with Crippen molar-refractivity contribution in [3.63, 3.8) is 0 Å². The zero-order valence-corrected chi connectivity index (χ0v) is 6.97. The lowest BCUT2D eigenvalue weighted by Crippen LogP contribution is -2.19. The lowest BCUT2D eigenvalue weighted by atomic mass is 10.3. The Hall–Kier alpha value is -1.84. The zero-order chi connectivity index (χ0) is 9.26. The van der Waals surface area contributed by atoms with Crippen molar-refractivity contribution in [1.29, 1.82) is 0 Å². The molecular formula is C9H9N3O. The van der Waals surface area contributed by atoms with Crippen LogP contribution in [-0.2, 0) is 4.79 Å². The molecule has 13 heavy (non-hydrogen) atoms. The predicted molar refractivity (Wildman–Crippen MR) is 49.7 cm³/mol. The van der Waals surface area contributed by atoms with Gasteiger partial charge in [0.1, 0.15) is 0 Å². The molecule has 0 bridgehead atoms. The predicted octanol–water partition coefficient (Wildman–Crippen LogP) is 0.153. The van der Waals surface area contributed by atoms with Crippen LogP contribution in [0.4, 0.5) is 0 Å². The monoisotopic (exact) mass is 175 g/mol. The average molecular weight is 175 g/mol. The SMILES string of the molecule is NC(=O)C1=CC2=CN=CC=CN2C1. The van der Waals surface area contributed by atoms with Crippen molar-refractivity contribution in [2.24, 2.45) is 10.7 Å². The van der Waals surface area contributed by atoms with Gasteiger partial charge in [-0.2, -0.15) is 0 Å². The topological polar surface area (TPSA) is 58.7 Å². The molecule has 0 unspecified atom stereocenters. The van der Waals surface area contributed by atoms with Crippen LogP contribution in [-0.4, -0.2) is 23.6 Å². The Morgan fingerprint density at radius 1 is 1.62 bits per heavy atom. The van der Waals surface area contributed by atoms with E-state index in [-0.39, 0.29) is 5.91 Å². The summed E-state index contributed by atoms with van der Waals surface area (Å²) < 4.78 is 0. The van der Waals surface area contributed by atoms with E-state index in [2.05, 4.69) is 4.99 Å². The quantitative estimate of drug-likeness (QED) is 0.616. The molecule has 0 saturated carbocycles. The summed E-state index contributed by atoms with van der Waals surface area (Å²) in [5.41, 5.74) is 6.69. The minimum Gasteiger partial charge on any atom is -0.366 e. The van der Waals surface area contributed by atoms with Gasteiger partial charge in [-0.1, -0.05) is 0 Å². The van der Waals surface area contributed by atoms with Crippen molar-refractivity contribution in [1.82, 2.24) is 4.90 Å². The van der Waals surface area contributed by atoms with Crippen LogP contribution in [0.15, 0.2) is 40.8 Å². The number of carbonyl (C=O) groups is 1. The standard InChI is InChI=1S/C9H9N3O/c10-9(13)7-4-8-5-11-2-1-3-12(8)6-7/h1-5H,6H2,(H2,10,13). The molecule has 2 aliphatic rings. The van der Waals surface area contributed by atoms with E-state index in [0.717, 1.165) is 5.70 Å². The number of hydrogen-bond donors (Lipinski definition) is 1. The van der Waals surface area contributed by atoms with E-state index in [1.807, 2.05) is 17.2 Å². The molecule has 0 saturated heterocycles. The number of hydrogen-bond acceptors (Lipinski definition) is 3. The third kappa shape index (κ3) is 1.38. The molecule has 0 fully saturated rings. The number of nitrogens with two attached hydrogens (primary N) is 1.